The van der Waals surface area contributed by atoms with E-state index in [-0.39, 0.29) is 0 Å². The maximum Gasteiger partial charge on any atom is 0.162 e. The van der Waals surface area contributed by atoms with Crippen LogP contribution in [0.15, 0.2) is 22.7 Å². The zero-order valence-electron chi connectivity index (χ0n) is 5.91. The molecule has 0 fully saturated rings. The van der Waals surface area contributed by atoms with E-state index in [1.165, 1.54) is 11.5 Å². The molecule has 0 aliphatic heterocycles. The first kappa shape index (κ1) is 7.71. The van der Waals surface area contributed by atoms with E-state index in [2.05, 4.69) is 26.4 Å². The standard InChI is InChI=1S/C8H3BrN2S/c9-5-1-2-8-6(3-5)7(4-10)11-12-8/h1-3H. The highest BCUT2D eigenvalue weighted by Gasteiger charge is 2.04. The molecule has 4 heteroatoms. The van der Waals surface area contributed by atoms with Crippen LogP contribution in [0, 0.1) is 11.3 Å². The molecule has 1 heterocycles. The van der Waals surface area contributed by atoms with Crippen molar-refractivity contribution in [1.82, 2.24) is 4.37 Å². The molecule has 1 aromatic carbocycles. The third-order valence-corrected chi connectivity index (χ3v) is 2.86. The molecule has 0 atom stereocenters. The van der Waals surface area contributed by atoms with Crippen LogP contribution in [-0.4, -0.2) is 4.37 Å². The van der Waals surface area contributed by atoms with Crippen molar-refractivity contribution < 1.29 is 0 Å². The topological polar surface area (TPSA) is 36.7 Å². The van der Waals surface area contributed by atoms with Gasteiger partial charge in [0.05, 0.1) is 4.70 Å². The highest BCUT2D eigenvalue weighted by Crippen LogP contribution is 2.25. The SMILES string of the molecule is N#Cc1nsc2ccc(Br)cc12. The number of fused-ring (bicyclic) bond motifs is 1. The average molecular weight is 239 g/mol. The Morgan fingerprint density at radius 2 is 2.33 bits per heavy atom. The minimum atomic E-state index is 0.510. The van der Waals surface area contributed by atoms with Crippen molar-refractivity contribution in [1.29, 1.82) is 5.26 Å². The zero-order chi connectivity index (χ0) is 8.55. The van der Waals surface area contributed by atoms with Crippen molar-refractivity contribution in [2.24, 2.45) is 0 Å². The molecule has 0 saturated carbocycles. The number of aromatic nitrogens is 1. The van der Waals surface area contributed by atoms with Crippen molar-refractivity contribution >= 4 is 37.5 Å². The van der Waals surface area contributed by atoms with Crippen molar-refractivity contribution in [2.75, 3.05) is 0 Å². The van der Waals surface area contributed by atoms with Crippen LogP contribution in [0.4, 0.5) is 0 Å². The summed E-state index contributed by atoms with van der Waals surface area (Å²) in [7, 11) is 0. The molecule has 0 N–H and O–H groups in total. The first-order chi connectivity index (χ1) is 5.81. The number of hydrogen-bond acceptors (Lipinski definition) is 3. The molecular formula is C8H3BrN2S. The maximum absolute atomic E-state index is 8.69. The first-order valence-corrected chi connectivity index (χ1v) is 4.83. The fourth-order valence-corrected chi connectivity index (χ4v) is 2.06. The molecule has 0 bridgehead atoms. The van der Waals surface area contributed by atoms with Crippen molar-refractivity contribution in [3.8, 4) is 6.07 Å². The fourth-order valence-electron chi connectivity index (χ4n) is 0.991. The van der Waals surface area contributed by atoms with Crippen LogP contribution in [0.2, 0.25) is 0 Å². The minimum Gasteiger partial charge on any atom is -0.191 e. The van der Waals surface area contributed by atoms with Crippen molar-refractivity contribution in [3.05, 3.63) is 28.4 Å². The molecule has 58 valence electrons. The highest BCUT2D eigenvalue weighted by atomic mass is 79.9. The molecule has 0 unspecified atom stereocenters. The Hall–Kier alpha value is -0.920. The first-order valence-electron chi connectivity index (χ1n) is 3.26. The normalized spacial score (nSPS) is 10.0. The van der Waals surface area contributed by atoms with Crippen LogP contribution in [0.5, 0.6) is 0 Å². The number of nitriles is 1. The molecule has 2 rings (SSSR count). The average Bonchev–Trinajstić information content (AvgIpc) is 2.46. The summed E-state index contributed by atoms with van der Waals surface area (Å²) in [6.07, 6.45) is 0. The van der Waals surface area contributed by atoms with Crippen LogP contribution >= 0.6 is 27.5 Å². The largest absolute Gasteiger partial charge is 0.191 e. The number of rotatable bonds is 0. The van der Waals surface area contributed by atoms with Gasteiger partial charge in [-0.25, -0.2) is 0 Å². The third kappa shape index (κ3) is 1.11. The van der Waals surface area contributed by atoms with E-state index < -0.39 is 0 Å². The van der Waals surface area contributed by atoms with E-state index in [1.54, 1.807) is 0 Å². The smallest absolute Gasteiger partial charge is 0.162 e. The fraction of sp³-hybridized carbons (Fsp3) is 0. The van der Waals surface area contributed by atoms with E-state index in [0.29, 0.717) is 5.69 Å². The molecule has 0 spiro atoms. The Kier molecular flexibility index (Phi) is 1.83. The molecule has 0 saturated heterocycles. The second-order valence-electron chi connectivity index (χ2n) is 2.28. The van der Waals surface area contributed by atoms with E-state index in [4.69, 9.17) is 5.26 Å². The van der Waals surface area contributed by atoms with E-state index >= 15 is 0 Å². The predicted octanol–water partition coefficient (Wildman–Crippen LogP) is 2.93. The highest BCUT2D eigenvalue weighted by molar-refractivity contribution is 9.10. The lowest BCUT2D eigenvalue weighted by Crippen LogP contribution is -1.71. The molecule has 1 aromatic heterocycles. The second kappa shape index (κ2) is 2.85. The number of halogens is 1. The maximum atomic E-state index is 8.69. The molecule has 0 aliphatic carbocycles. The lowest BCUT2D eigenvalue weighted by Gasteiger charge is -1.88. The quantitative estimate of drug-likeness (QED) is 0.708. The summed E-state index contributed by atoms with van der Waals surface area (Å²) in [5.41, 5.74) is 0.510. The van der Waals surface area contributed by atoms with Gasteiger partial charge in [0.1, 0.15) is 6.07 Å². The molecule has 0 aliphatic rings. The molecule has 2 aromatic rings. The Labute approximate surface area is 81.7 Å². The van der Waals surface area contributed by atoms with Gasteiger partial charge in [-0.15, -0.1) is 0 Å². The lowest BCUT2D eigenvalue weighted by atomic mass is 10.2. The molecule has 0 radical (unpaired) electrons. The Balaban J connectivity index is 2.86. The van der Waals surface area contributed by atoms with Crippen LogP contribution in [0.1, 0.15) is 5.69 Å². The van der Waals surface area contributed by atoms with Crippen LogP contribution in [-0.2, 0) is 0 Å². The Morgan fingerprint density at radius 1 is 1.50 bits per heavy atom. The van der Waals surface area contributed by atoms with Gasteiger partial charge in [0, 0.05) is 9.86 Å². The van der Waals surface area contributed by atoms with Gasteiger partial charge in [-0.2, -0.15) is 9.64 Å². The summed E-state index contributed by atoms with van der Waals surface area (Å²) in [6, 6.07) is 7.87. The van der Waals surface area contributed by atoms with Crippen molar-refractivity contribution in [2.45, 2.75) is 0 Å². The molecule has 12 heavy (non-hydrogen) atoms. The number of hydrogen-bond donors (Lipinski definition) is 0. The predicted molar refractivity (Wildman–Crippen MR) is 52.0 cm³/mol. The summed E-state index contributed by atoms with van der Waals surface area (Å²) in [6.45, 7) is 0. The minimum absolute atomic E-state index is 0.510. The van der Waals surface area contributed by atoms with E-state index in [0.717, 1.165) is 14.6 Å². The number of benzene rings is 1. The summed E-state index contributed by atoms with van der Waals surface area (Å²) in [5, 5.41) is 9.62. The summed E-state index contributed by atoms with van der Waals surface area (Å²) in [5.74, 6) is 0. The van der Waals surface area contributed by atoms with Crippen molar-refractivity contribution in [3.63, 3.8) is 0 Å². The zero-order valence-corrected chi connectivity index (χ0v) is 8.32. The van der Waals surface area contributed by atoms with Crippen LogP contribution < -0.4 is 0 Å². The second-order valence-corrected chi connectivity index (χ2v) is 4.00. The van der Waals surface area contributed by atoms with Gasteiger partial charge in [0.25, 0.3) is 0 Å². The number of nitrogens with zero attached hydrogens (tertiary/aromatic N) is 2. The summed E-state index contributed by atoms with van der Waals surface area (Å²) < 4.78 is 6.04. The van der Waals surface area contributed by atoms with E-state index in [1.807, 2.05) is 18.2 Å². The van der Waals surface area contributed by atoms with Gasteiger partial charge in [0.2, 0.25) is 0 Å². The molecule has 2 nitrogen and oxygen atoms in total. The van der Waals surface area contributed by atoms with Gasteiger partial charge in [-0.1, -0.05) is 15.9 Å². The monoisotopic (exact) mass is 238 g/mol. The lowest BCUT2D eigenvalue weighted by molar-refractivity contribution is 1.43. The van der Waals surface area contributed by atoms with Gasteiger partial charge in [-0.3, -0.25) is 0 Å². The Morgan fingerprint density at radius 3 is 3.08 bits per heavy atom. The van der Waals surface area contributed by atoms with Gasteiger partial charge in [0.15, 0.2) is 5.69 Å². The molecular weight excluding hydrogens is 236 g/mol. The third-order valence-electron chi connectivity index (χ3n) is 1.54. The van der Waals surface area contributed by atoms with E-state index in [9.17, 15) is 0 Å². The van der Waals surface area contributed by atoms with Gasteiger partial charge < -0.3 is 0 Å². The van der Waals surface area contributed by atoms with Gasteiger partial charge >= 0.3 is 0 Å². The van der Waals surface area contributed by atoms with Crippen LogP contribution in [0.3, 0.4) is 0 Å². The summed E-state index contributed by atoms with van der Waals surface area (Å²) in [4.78, 5) is 0. The van der Waals surface area contributed by atoms with Crippen LogP contribution in [0.25, 0.3) is 10.1 Å². The molecule has 0 amide bonds. The Bertz CT molecular complexity index is 469. The van der Waals surface area contributed by atoms with Gasteiger partial charge in [-0.05, 0) is 29.7 Å². The summed E-state index contributed by atoms with van der Waals surface area (Å²) >= 11 is 4.70.